The van der Waals surface area contributed by atoms with Crippen LogP contribution in [-0.2, 0) is 0 Å². The summed E-state index contributed by atoms with van der Waals surface area (Å²) < 4.78 is 0. The third-order valence-electron chi connectivity index (χ3n) is 5.53. The van der Waals surface area contributed by atoms with E-state index in [0.717, 1.165) is 42.3 Å². The van der Waals surface area contributed by atoms with E-state index in [0.29, 0.717) is 0 Å². The van der Waals surface area contributed by atoms with Crippen molar-refractivity contribution in [3.63, 3.8) is 0 Å². The second-order valence-corrected chi connectivity index (χ2v) is 8.00. The van der Waals surface area contributed by atoms with E-state index in [1.54, 1.807) is 0 Å². The van der Waals surface area contributed by atoms with E-state index in [2.05, 4.69) is 41.3 Å². The summed E-state index contributed by atoms with van der Waals surface area (Å²) in [5.74, 6) is 0.121. The summed E-state index contributed by atoms with van der Waals surface area (Å²) >= 11 is 6.11. The molecule has 1 aliphatic heterocycles. The molecule has 1 aliphatic rings. The molecule has 3 aromatic rings. The van der Waals surface area contributed by atoms with Crippen LogP contribution in [0.4, 0.5) is 0 Å². The number of benzene rings is 3. The second kappa shape index (κ2) is 8.81. The molecule has 0 spiro atoms. The Hall–Kier alpha value is -2.62. The zero-order valence-electron chi connectivity index (χ0n) is 16.6. The molecule has 3 aromatic carbocycles. The Bertz CT molecular complexity index is 964. The minimum atomic E-state index is 0.121. The van der Waals surface area contributed by atoms with Gasteiger partial charge in [-0.15, -0.1) is 0 Å². The number of rotatable bonds is 4. The Morgan fingerprint density at radius 3 is 2.14 bits per heavy atom. The first-order chi connectivity index (χ1) is 14.1. The molecule has 0 unspecified atom stereocenters. The van der Waals surface area contributed by atoms with Crippen molar-refractivity contribution in [2.45, 2.75) is 13.0 Å². The first-order valence-corrected chi connectivity index (χ1v) is 10.4. The van der Waals surface area contributed by atoms with Crippen LogP contribution < -0.4 is 0 Å². The highest BCUT2D eigenvalue weighted by molar-refractivity contribution is 6.30. The first-order valence-electron chi connectivity index (χ1n) is 10.0. The monoisotopic (exact) mass is 404 g/mol. The van der Waals surface area contributed by atoms with Crippen molar-refractivity contribution in [3.05, 3.63) is 106 Å². The molecule has 0 aromatic heterocycles. The Balaban J connectivity index is 1.52. The number of piperazine rings is 1. The maximum Gasteiger partial charge on any atom is 0.253 e. The van der Waals surface area contributed by atoms with Gasteiger partial charge in [0, 0.05) is 36.8 Å². The molecule has 1 heterocycles. The number of hydrogen-bond donors (Lipinski definition) is 0. The number of carbonyl (C=O) groups is 1. The largest absolute Gasteiger partial charge is 0.336 e. The number of halogens is 1. The molecule has 0 radical (unpaired) electrons. The molecule has 29 heavy (non-hydrogen) atoms. The summed E-state index contributed by atoms with van der Waals surface area (Å²) in [6.45, 7) is 5.14. The maximum atomic E-state index is 12.9. The van der Waals surface area contributed by atoms with Gasteiger partial charge < -0.3 is 4.90 Å². The molecular formula is C25H25ClN2O. The smallest absolute Gasteiger partial charge is 0.253 e. The van der Waals surface area contributed by atoms with Crippen LogP contribution >= 0.6 is 11.6 Å². The van der Waals surface area contributed by atoms with Gasteiger partial charge in [-0.2, -0.15) is 0 Å². The van der Waals surface area contributed by atoms with Crippen molar-refractivity contribution in [1.82, 2.24) is 9.80 Å². The predicted octanol–water partition coefficient (Wildman–Crippen LogP) is 5.20. The highest BCUT2D eigenvalue weighted by Crippen LogP contribution is 2.30. The maximum absolute atomic E-state index is 12.9. The van der Waals surface area contributed by atoms with Gasteiger partial charge in [-0.3, -0.25) is 9.69 Å². The van der Waals surface area contributed by atoms with Gasteiger partial charge in [0.25, 0.3) is 5.91 Å². The van der Waals surface area contributed by atoms with Crippen molar-refractivity contribution in [2.75, 3.05) is 26.2 Å². The Morgan fingerprint density at radius 1 is 0.828 bits per heavy atom. The highest BCUT2D eigenvalue weighted by atomic mass is 35.5. The molecule has 1 atom stereocenters. The van der Waals surface area contributed by atoms with E-state index in [-0.39, 0.29) is 11.9 Å². The Morgan fingerprint density at radius 2 is 1.48 bits per heavy atom. The molecule has 148 valence electrons. The van der Waals surface area contributed by atoms with Crippen LogP contribution in [-0.4, -0.2) is 41.9 Å². The molecule has 0 N–H and O–H groups in total. The minimum Gasteiger partial charge on any atom is -0.336 e. The van der Waals surface area contributed by atoms with Crippen LogP contribution in [0.3, 0.4) is 0 Å². The van der Waals surface area contributed by atoms with Crippen molar-refractivity contribution in [1.29, 1.82) is 0 Å². The molecule has 1 amide bonds. The average molecular weight is 405 g/mol. The Kier molecular flexibility index (Phi) is 5.98. The molecule has 1 saturated heterocycles. The summed E-state index contributed by atoms with van der Waals surface area (Å²) in [6, 6.07) is 26.6. The molecule has 4 rings (SSSR count). The van der Waals surface area contributed by atoms with Crippen molar-refractivity contribution in [2.24, 2.45) is 0 Å². The number of nitrogens with zero attached hydrogens (tertiary/aromatic N) is 2. The van der Waals surface area contributed by atoms with Crippen LogP contribution in [0.5, 0.6) is 0 Å². The minimum absolute atomic E-state index is 0.121. The predicted molar refractivity (Wildman–Crippen MR) is 118 cm³/mol. The van der Waals surface area contributed by atoms with Crippen LogP contribution in [0.15, 0.2) is 78.9 Å². The summed E-state index contributed by atoms with van der Waals surface area (Å²) in [4.78, 5) is 17.3. The van der Waals surface area contributed by atoms with Gasteiger partial charge >= 0.3 is 0 Å². The topological polar surface area (TPSA) is 23.6 Å². The zero-order chi connectivity index (χ0) is 20.2. The highest BCUT2D eigenvalue weighted by Gasteiger charge is 2.28. The van der Waals surface area contributed by atoms with Gasteiger partial charge in [0.2, 0.25) is 0 Å². The lowest BCUT2D eigenvalue weighted by Crippen LogP contribution is -2.49. The number of aryl methyl sites for hydroxylation is 1. The number of carbonyl (C=O) groups excluding carboxylic acids is 1. The quantitative estimate of drug-likeness (QED) is 0.597. The lowest BCUT2D eigenvalue weighted by molar-refractivity contribution is 0.0597. The van der Waals surface area contributed by atoms with Crippen LogP contribution in [0.2, 0.25) is 5.02 Å². The average Bonchev–Trinajstić information content (AvgIpc) is 2.76. The summed E-state index contributed by atoms with van der Waals surface area (Å²) in [7, 11) is 0. The van der Waals surface area contributed by atoms with E-state index < -0.39 is 0 Å². The lowest BCUT2D eigenvalue weighted by atomic mass is 9.96. The van der Waals surface area contributed by atoms with Crippen molar-refractivity contribution in [3.8, 4) is 0 Å². The molecule has 0 aliphatic carbocycles. The van der Waals surface area contributed by atoms with Gasteiger partial charge in [-0.1, -0.05) is 71.8 Å². The second-order valence-electron chi connectivity index (χ2n) is 7.56. The number of hydrogen-bond acceptors (Lipinski definition) is 2. The summed E-state index contributed by atoms with van der Waals surface area (Å²) in [5, 5.41) is 0.745. The fraction of sp³-hybridized carbons (Fsp3) is 0.240. The van der Waals surface area contributed by atoms with Gasteiger partial charge in [-0.25, -0.2) is 0 Å². The third kappa shape index (κ3) is 4.52. The van der Waals surface area contributed by atoms with Gasteiger partial charge in [0.05, 0.1) is 6.04 Å². The first kappa shape index (κ1) is 19.7. The van der Waals surface area contributed by atoms with Crippen molar-refractivity contribution >= 4 is 17.5 Å². The third-order valence-corrected chi connectivity index (χ3v) is 5.78. The van der Waals surface area contributed by atoms with Crippen molar-refractivity contribution < 1.29 is 4.79 Å². The van der Waals surface area contributed by atoms with E-state index in [1.165, 1.54) is 11.1 Å². The molecule has 3 nitrogen and oxygen atoms in total. The van der Waals surface area contributed by atoms with E-state index >= 15 is 0 Å². The summed E-state index contributed by atoms with van der Waals surface area (Å²) in [6.07, 6.45) is 0. The van der Waals surface area contributed by atoms with Crippen LogP contribution in [0, 0.1) is 6.92 Å². The summed E-state index contributed by atoms with van der Waals surface area (Å²) in [5.41, 5.74) is 4.37. The van der Waals surface area contributed by atoms with Gasteiger partial charge in [0.1, 0.15) is 0 Å². The fourth-order valence-electron chi connectivity index (χ4n) is 4.04. The zero-order valence-corrected chi connectivity index (χ0v) is 17.3. The number of amides is 1. The van der Waals surface area contributed by atoms with Gasteiger partial charge in [0.15, 0.2) is 0 Å². The normalized spacial score (nSPS) is 15.9. The fourth-order valence-corrected chi connectivity index (χ4v) is 4.16. The molecule has 0 bridgehead atoms. The molecule has 4 heteroatoms. The van der Waals surface area contributed by atoms with E-state index in [4.69, 9.17) is 11.6 Å². The standard InChI is InChI=1S/C25H25ClN2O/c1-19-6-5-9-22(18-19)25(29)28-16-14-27(15-17-28)24(20-7-3-2-4-8-20)21-10-12-23(26)13-11-21/h2-13,18,24H,14-17H2,1H3/t24-/m1/s1. The van der Waals surface area contributed by atoms with E-state index in [1.807, 2.05) is 54.3 Å². The van der Waals surface area contributed by atoms with Gasteiger partial charge in [-0.05, 0) is 42.3 Å². The molecule has 1 fully saturated rings. The molecular weight excluding hydrogens is 380 g/mol. The Labute approximate surface area is 177 Å². The van der Waals surface area contributed by atoms with Crippen LogP contribution in [0.1, 0.15) is 33.1 Å². The van der Waals surface area contributed by atoms with Crippen LogP contribution in [0.25, 0.3) is 0 Å². The van der Waals surface area contributed by atoms with E-state index in [9.17, 15) is 4.79 Å². The lowest BCUT2D eigenvalue weighted by Gasteiger charge is -2.40. The SMILES string of the molecule is Cc1cccc(C(=O)N2CCN([C@H](c3ccccc3)c3ccc(Cl)cc3)CC2)c1. The molecule has 0 saturated carbocycles.